The monoisotopic (exact) mass is 297 g/mol. The lowest BCUT2D eigenvalue weighted by molar-refractivity contribution is -0.384. The standard InChI is InChI=1S/C12H16ClN5O2/c13-11-10(18(19)20)12(15-7-14-11)16-8-3-5-17-4-1-2-9(17)6-8/h7-9H,1-6H2,(H,14,15,16). The maximum absolute atomic E-state index is 11.1. The van der Waals surface area contributed by atoms with Crippen LogP contribution in [0.2, 0.25) is 5.15 Å². The van der Waals surface area contributed by atoms with Gasteiger partial charge in [-0.2, -0.15) is 0 Å². The average Bonchev–Trinajstić information content (AvgIpc) is 2.85. The second-order valence-electron chi connectivity index (χ2n) is 5.32. The number of rotatable bonds is 3. The molecular weight excluding hydrogens is 282 g/mol. The summed E-state index contributed by atoms with van der Waals surface area (Å²) in [7, 11) is 0. The van der Waals surface area contributed by atoms with Crippen molar-refractivity contribution in [3.63, 3.8) is 0 Å². The summed E-state index contributed by atoms with van der Waals surface area (Å²) in [5.74, 6) is 0.228. The van der Waals surface area contributed by atoms with Crippen molar-refractivity contribution >= 4 is 23.1 Å². The van der Waals surface area contributed by atoms with Gasteiger partial charge in [-0.15, -0.1) is 0 Å². The fourth-order valence-corrected chi connectivity index (χ4v) is 3.38. The van der Waals surface area contributed by atoms with Crippen LogP contribution < -0.4 is 5.32 Å². The number of nitrogens with one attached hydrogen (secondary N) is 1. The molecule has 3 heterocycles. The summed E-state index contributed by atoms with van der Waals surface area (Å²) in [4.78, 5) is 20.7. The number of hydrogen-bond acceptors (Lipinski definition) is 6. The molecule has 0 radical (unpaired) electrons. The lowest BCUT2D eigenvalue weighted by Crippen LogP contribution is -2.42. The molecule has 8 heteroatoms. The highest BCUT2D eigenvalue weighted by molar-refractivity contribution is 6.31. The first kappa shape index (κ1) is 13.5. The number of aromatic nitrogens is 2. The summed E-state index contributed by atoms with van der Waals surface area (Å²) >= 11 is 5.79. The van der Waals surface area contributed by atoms with Gasteiger partial charge in [0.25, 0.3) is 0 Å². The Bertz CT molecular complexity index is 527. The molecule has 0 spiro atoms. The molecule has 0 bridgehead atoms. The van der Waals surface area contributed by atoms with Crippen LogP contribution >= 0.6 is 11.6 Å². The van der Waals surface area contributed by atoms with E-state index in [2.05, 4.69) is 20.2 Å². The van der Waals surface area contributed by atoms with Crippen LogP contribution in [0.3, 0.4) is 0 Å². The van der Waals surface area contributed by atoms with E-state index < -0.39 is 4.92 Å². The van der Waals surface area contributed by atoms with E-state index in [4.69, 9.17) is 11.6 Å². The molecule has 1 aromatic heterocycles. The molecule has 3 rings (SSSR count). The van der Waals surface area contributed by atoms with Crippen molar-refractivity contribution in [2.75, 3.05) is 18.4 Å². The SMILES string of the molecule is O=[N+]([O-])c1c(Cl)ncnc1NC1CCN2CCCC2C1. The first-order valence-corrected chi connectivity index (χ1v) is 7.18. The van der Waals surface area contributed by atoms with Crippen molar-refractivity contribution in [3.8, 4) is 0 Å². The van der Waals surface area contributed by atoms with E-state index in [1.807, 2.05) is 0 Å². The van der Waals surface area contributed by atoms with E-state index in [1.165, 1.54) is 25.7 Å². The molecule has 1 aromatic rings. The molecule has 2 unspecified atom stereocenters. The minimum Gasteiger partial charge on any atom is -0.361 e. The lowest BCUT2D eigenvalue weighted by atomic mass is 9.97. The largest absolute Gasteiger partial charge is 0.361 e. The van der Waals surface area contributed by atoms with E-state index in [1.54, 1.807) is 0 Å². The van der Waals surface area contributed by atoms with Gasteiger partial charge in [0, 0.05) is 18.6 Å². The van der Waals surface area contributed by atoms with Crippen LogP contribution in [0.15, 0.2) is 6.33 Å². The molecule has 2 fully saturated rings. The summed E-state index contributed by atoms with van der Waals surface area (Å²) < 4.78 is 0. The zero-order valence-corrected chi connectivity index (χ0v) is 11.7. The molecular formula is C12H16ClN5O2. The number of halogens is 1. The summed E-state index contributed by atoms with van der Waals surface area (Å²) in [6.45, 7) is 2.21. The third-order valence-electron chi connectivity index (χ3n) is 4.12. The molecule has 0 saturated carbocycles. The third kappa shape index (κ3) is 2.55. The normalized spacial score (nSPS) is 26.2. The van der Waals surface area contributed by atoms with Crippen molar-refractivity contribution < 1.29 is 4.92 Å². The van der Waals surface area contributed by atoms with E-state index >= 15 is 0 Å². The van der Waals surface area contributed by atoms with Crippen molar-refractivity contribution in [2.24, 2.45) is 0 Å². The second-order valence-corrected chi connectivity index (χ2v) is 5.67. The Morgan fingerprint density at radius 3 is 3.05 bits per heavy atom. The van der Waals surface area contributed by atoms with Gasteiger partial charge in [0.05, 0.1) is 4.92 Å². The van der Waals surface area contributed by atoms with Crippen molar-refractivity contribution in [3.05, 3.63) is 21.6 Å². The maximum Gasteiger partial charge on any atom is 0.348 e. The summed E-state index contributed by atoms with van der Waals surface area (Å²) in [6, 6.07) is 0.802. The Hall–Kier alpha value is -1.47. The van der Waals surface area contributed by atoms with Gasteiger partial charge >= 0.3 is 5.69 Å². The predicted octanol–water partition coefficient (Wildman–Crippen LogP) is 2.08. The van der Waals surface area contributed by atoms with Crippen molar-refractivity contribution in [2.45, 2.75) is 37.8 Å². The highest BCUT2D eigenvalue weighted by atomic mass is 35.5. The molecule has 0 aliphatic carbocycles. The van der Waals surface area contributed by atoms with Gasteiger partial charge in [0.1, 0.15) is 6.33 Å². The Kier molecular flexibility index (Phi) is 3.71. The van der Waals surface area contributed by atoms with Crippen LogP contribution in [-0.2, 0) is 0 Å². The average molecular weight is 298 g/mol. The Morgan fingerprint density at radius 1 is 1.40 bits per heavy atom. The van der Waals surface area contributed by atoms with E-state index in [0.717, 1.165) is 19.4 Å². The smallest absolute Gasteiger partial charge is 0.348 e. The molecule has 20 heavy (non-hydrogen) atoms. The second kappa shape index (κ2) is 5.49. The first-order valence-electron chi connectivity index (χ1n) is 6.80. The quantitative estimate of drug-likeness (QED) is 0.522. The van der Waals surface area contributed by atoms with Gasteiger partial charge in [0.2, 0.25) is 11.0 Å². The molecule has 108 valence electrons. The lowest BCUT2D eigenvalue weighted by Gasteiger charge is -2.35. The molecule has 0 aromatic carbocycles. The molecule has 7 nitrogen and oxygen atoms in total. The highest BCUT2D eigenvalue weighted by Crippen LogP contribution is 2.32. The number of anilines is 1. The van der Waals surface area contributed by atoms with Crippen LogP contribution in [0.4, 0.5) is 11.5 Å². The molecule has 1 N–H and O–H groups in total. The van der Waals surface area contributed by atoms with Crippen LogP contribution in [-0.4, -0.2) is 45.0 Å². The van der Waals surface area contributed by atoms with Gasteiger partial charge in [0.15, 0.2) is 0 Å². The Balaban J connectivity index is 1.75. The van der Waals surface area contributed by atoms with Gasteiger partial charge < -0.3 is 10.2 Å². The van der Waals surface area contributed by atoms with Gasteiger partial charge in [-0.1, -0.05) is 11.6 Å². The minimum atomic E-state index is -0.532. The summed E-state index contributed by atoms with van der Waals surface area (Å²) in [5.41, 5.74) is -0.233. The van der Waals surface area contributed by atoms with Crippen LogP contribution in [0.1, 0.15) is 25.7 Å². The van der Waals surface area contributed by atoms with E-state index in [9.17, 15) is 10.1 Å². The van der Waals surface area contributed by atoms with Crippen LogP contribution in [0, 0.1) is 10.1 Å². The third-order valence-corrected chi connectivity index (χ3v) is 4.40. The Morgan fingerprint density at radius 2 is 2.25 bits per heavy atom. The molecule has 0 amide bonds. The summed E-state index contributed by atoms with van der Waals surface area (Å²) in [6.07, 6.45) is 5.68. The summed E-state index contributed by atoms with van der Waals surface area (Å²) in [5, 5.41) is 14.1. The first-order chi connectivity index (χ1) is 9.65. The number of fused-ring (bicyclic) bond motifs is 1. The van der Waals surface area contributed by atoms with Crippen LogP contribution in [0.5, 0.6) is 0 Å². The van der Waals surface area contributed by atoms with E-state index in [0.29, 0.717) is 6.04 Å². The molecule has 2 atom stereocenters. The molecule has 2 aliphatic rings. The predicted molar refractivity (Wildman–Crippen MR) is 74.9 cm³/mol. The van der Waals surface area contributed by atoms with Crippen LogP contribution in [0.25, 0.3) is 0 Å². The van der Waals surface area contributed by atoms with Gasteiger partial charge in [-0.05, 0) is 32.2 Å². The number of hydrogen-bond donors (Lipinski definition) is 1. The fraction of sp³-hybridized carbons (Fsp3) is 0.667. The number of piperidine rings is 1. The zero-order chi connectivity index (χ0) is 14.1. The highest BCUT2D eigenvalue weighted by Gasteiger charge is 2.33. The minimum absolute atomic E-state index is 0.120. The van der Waals surface area contributed by atoms with Gasteiger partial charge in [-0.25, -0.2) is 9.97 Å². The molecule has 2 saturated heterocycles. The zero-order valence-electron chi connectivity index (χ0n) is 11.0. The van der Waals surface area contributed by atoms with Crippen molar-refractivity contribution in [1.29, 1.82) is 0 Å². The number of nitrogens with zero attached hydrogens (tertiary/aromatic N) is 4. The van der Waals surface area contributed by atoms with Crippen molar-refractivity contribution in [1.82, 2.24) is 14.9 Å². The topological polar surface area (TPSA) is 84.2 Å². The Labute approximate surface area is 121 Å². The fourth-order valence-electron chi connectivity index (χ4n) is 3.17. The number of nitro groups is 1. The van der Waals surface area contributed by atoms with E-state index in [-0.39, 0.29) is 22.7 Å². The maximum atomic E-state index is 11.1. The molecule has 2 aliphatic heterocycles. The van der Waals surface area contributed by atoms with Gasteiger partial charge in [-0.3, -0.25) is 10.1 Å².